The molecule has 4 rings (SSSR count). The van der Waals surface area contributed by atoms with Gasteiger partial charge in [-0.3, -0.25) is 4.79 Å². The van der Waals surface area contributed by atoms with Crippen LogP contribution in [0.5, 0.6) is 0 Å². The zero-order valence-electron chi connectivity index (χ0n) is 25.3. The van der Waals surface area contributed by atoms with Crippen molar-refractivity contribution in [3.63, 3.8) is 0 Å². The van der Waals surface area contributed by atoms with Gasteiger partial charge < -0.3 is 94.6 Å². The Kier molecular flexibility index (Phi) is 12.5. The van der Waals surface area contributed by atoms with E-state index in [4.69, 9.17) is 33.2 Å². The summed E-state index contributed by atoms with van der Waals surface area (Å²) in [6.45, 7) is 2.86. The van der Waals surface area contributed by atoms with Gasteiger partial charge >= 0.3 is 5.97 Å². The molecule has 1 amide bonds. The van der Waals surface area contributed by atoms with E-state index >= 15 is 0 Å². The lowest BCUT2D eigenvalue weighted by Gasteiger charge is -2.50. The number of nitrogens with one attached hydrogen (secondary N) is 1. The third-order valence-electron chi connectivity index (χ3n) is 8.50. The molecule has 4 aliphatic heterocycles. The van der Waals surface area contributed by atoms with Gasteiger partial charge in [0, 0.05) is 6.92 Å². The van der Waals surface area contributed by atoms with Crippen LogP contribution in [-0.2, 0) is 42.7 Å². The van der Waals surface area contributed by atoms with Crippen LogP contribution in [0.1, 0.15) is 20.8 Å². The van der Waals surface area contributed by atoms with E-state index in [2.05, 4.69) is 5.32 Å². The maximum Gasteiger partial charge on any atom is 0.335 e. The summed E-state index contributed by atoms with van der Waals surface area (Å²) in [7, 11) is 0. The number of hydrogen-bond donors (Lipinski definition) is 12. The lowest BCUT2D eigenvalue weighted by Crippen LogP contribution is -2.70. The largest absolute Gasteiger partial charge is 0.479 e. The van der Waals surface area contributed by atoms with E-state index in [1.165, 1.54) is 13.8 Å². The molecule has 0 aromatic heterocycles. The van der Waals surface area contributed by atoms with Crippen LogP contribution in [0.15, 0.2) is 0 Å². The van der Waals surface area contributed by atoms with E-state index in [1.807, 2.05) is 0 Å². The molecule has 4 fully saturated rings. The quantitative estimate of drug-likeness (QED) is 0.107. The van der Waals surface area contributed by atoms with E-state index < -0.39 is 141 Å². The lowest BCUT2D eigenvalue weighted by atomic mass is 9.94. The van der Waals surface area contributed by atoms with Crippen LogP contribution in [0, 0.1) is 0 Å². The number of aliphatic carboxylic acids is 1. The molecule has 47 heavy (non-hydrogen) atoms. The molecule has 8 unspecified atom stereocenters. The van der Waals surface area contributed by atoms with Crippen molar-refractivity contribution in [3.8, 4) is 0 Å². The molecule has 0 aromatic rings. The fourth-order valence-electron chi connectivity index (χ4n) is 5.79. The van der Waals surface area contributed by atoms with Crippen molar-refractivity contribution in [1.82, 2.24) is 5.32 Å². The molecular weight excluding hydrogens is 646 g/mol. The first-order chi connectivity index (χ1) is 22.0. The molecule has 21 heteroatoms. The average Bonchev–Trinajstić information content (AvgIpc) is 3.01. The number of aliphatic hydroxyl groups is 10. The Morgan fingerprint density at radius 1 is 0.617 bits per heavy atom. The maximum absolute atomic E-state index is 12.3. The Bertz CT molecular complexity index is 1070. The number of carbonyl (C=O) groups is 2. The van der Waals surface area contributed by atoms with Crippen molar-refractivity contribution in [2.45, 2.75) is 144 Å². The zero-order valence-corrected chi connectivity index (χ0v) is 25.3. The summed E-state index contributed by atoms with van der Waals surface area (Å²) in [6.07, 6.45) is -33.4. The van der Waals surface area contributed by atoms with Gasteiger partial charge in [0.15, 0.2) is 31.3 Å². The Morgan fingerprint density at radius 2 is 1.17 bits per heavy atom. The third-order valence-corrected chi connectivity index (χ3v) is 8.50. The average molecular weight is 690 g/mol. The first-order valence-electron chi connectivity index (χ1n) is 14.8. The third kappa shape index (κ3) is 7.86. The predicted octanol–water partition coefficient (Wildman–Crippen LogP) is -7.46. The van der Waals surface area contributed by atoms with Crippen LogP contribution in [0.3, 0.4) is 0 Å². The van der Waals surface area contributed by atoms with Crippen molar-refractivity contribution in [1.29, 1.82) is 0 Å². The van der Waals surface area contributed by atoms with Crippen molar-refractivity contribution in [2.24, 2.45) is 0 Å². The van der Waals surface area contributed by atoms with Gasteiger partial charge in [0.2, 0.25) is 5.91 Å². The standard InChI is InChI=1S/C26H43NO20/c1-5-10(30)14(34)20(23(40)41-5)46-26-21(15(35)11(31)6(2)42-26)47-24-9(27-7(3)29)18(12(32)8(4-28)43-24)44-25-17(37)13(33)16(36)19(45-25)22(38)39/h5-6,8-21,23-26,28,30-37,40H,4H2,1-3H3,(H,27,29)(H,38,39)/t5?,6?,8?,9?,10-,11-,12-,13-,14-,15-,16+,17?,18+,19?,20?,21?,23+,24-,25+,26-/m0/s1. The molecule has 4 heterocycles. The first-order valence-corrected chi connectivity index (χ1v) is 14.8. The molecule has 20 atom stereocenters. The van der Waals surface area contributed by atoms with E-state index in [0.717, 1.165) is 6.92 Å². The van der Waals surface area contributed by atoms with Gasteiger partial charge in [0.1, 0.15) is 79.3 Å². The van der Waals surface area contributed by atoms with Gasteiger partial charge in [-0.25, -0.2) is 4.79 Å². The topological polar surface area (TPSA) is 333 Å². The number of carbonyl (C=O) groups excluding carboxylic acids is 1. The Morgan fingerprint density at radius 3 is 1.74 bits per heavy atom. The molecule has 12 N–H and O–H groups in total. The van der Waals surface area contributed by atoms with Crippen molar-refractivity contribution >= 4 is 11.9 Å². The van der Waals surface area contributed by atoms with Crippen molar-refractivity contribution in [2.75, 3.05) is 6.61 Å². The summed E-state index contributed by atoms with van der Waals surface area (Å²) in [5.41, 5.74) is 0. The van der Waals surface area contributed by atoms with Crippen LogP contribution >= 0.6 is 0 Å². The Labute approximate surface area is 266 Å². The molecule has 0 radical (unpaired) electrons. The second kappa shape index (κ2) is 15.4. The van der Waals surface area contributed by atoms with Crippen molar-refractivity contribution in [3.05, 3.63) is 0 Å². The van der Waals surface area contributed by atoms with Crippen LogP contribution in [0.2, 0.25) is 0 Å². The van der Waals surface area contributed by atoms with Crippen LogP contribution in [0.25, 0.3) is 0 Å². The minimum atomic E-state index is -2.10. The summed E-state index contributed by atoms with van der Waals surface area (Å²) >= 11 is 0. The highest BCUT2D eigenvalue weighted by molar-refractivity contribution is 5.73. The fourth-order valence-corrected chi connectivity index (χ4v) is 5.79. The highest BCUT2D eigenvalue weighted by Gasteiger charge is 2.56. The second-order valence-electron chi connectivity index (χ2n) is 11.9. The highest BCUT2D eigenvalue weighted by Crippen LogP contribution is 2.34. The van der Waals surface area contributed by atoms with Gasteiger partial charge in [-0.2, -0.15) is 0 Å². The van der Waals surface area contributed by atoms with Gasteiger partial charge in [-0.15, -0.1) is 0 Å². The number of hydrogen-bond acceptors (Lipinski definition) is 19. The number of rotatable bonds is 9. The minimum Gasteiger partial charge on any atom is -0.479 e. The molecule has 0 aliphatic carbocycles. The molecule has 4 aliphatic rings. The lowest BCUT2D eigenvalue weighted by molar-refractivity contribution is -0.386. The number of carboxylic acids is 1. The zero-order chi connectivity index (χ0) is 35.1. The summed E-state index contributed by atoms with van der Waals surface area (Å²) in [6, 6.07) is -1.64. The first kappa shape index (κ1) is 38.1. The predicted molar refractivity (Wildman–Crippen MR) is 143 cm³/mol. The van der Waals surface area contributed by atoms with Crippen LogP contribution in [-0.4, -0.2) is 197 Å². The van der Waals surface area contributed by atoms with Gasteiger partial charge in [0.05, 0.1) is 18.8 Å². The van der Waals surface area contributed by atoms with Crippen LogP contribution in [0.4, 0.5) is 0 Å². The van der Waals surface area contributed by atoms with Gasteiger partial charge in [-0.1, -0.05) is 0 Å². The highest BCUT2D eigenvalue weighted by atomic mass is 16.8. The van der Waals surface area contributed by atoms with Gasteiger partial charge in [0.25, 0.3) is 0 Å². The maximum atomic E-state index is 12.3. The molecule has 0 bridgehead atoms. The smallest absolute Gasteiger partial charge is 0.335 e. The summed E-state index contributed by atoms with van der Waals surface area (Å²) < 4.78 is 38.9. The SMILES string of the molecule is CC(=O)NC1[C@H](OC2[C@H](OC3[C@H](O)OC(C)[C@H](O)[C@@H]3O)OC(C)[C@H](O)[C@@H]2O)OC(CO)[C@H](O)[C@@H]1O[C@@H]1OC(C(=O)O)[C@H](O)[C@H](O)C1O. The van der Waals surface area contributed by atoms with E-state index in [9.17, 15) is 65.8 Å². The van der Waals surface area contributed by atoms with E-state index in [1.54, 1.807) is 0 Å². The number of amides is 1. The normalized spacial score (nSPS) is 50.9. The number of carboxylic acid groups (broad SMARTS) is 1. The van der Waals surface area contributed by atoms with E-state index in [0.29, 0.717) is 0 Å². The summed E-state index contributed by atoms with van der Waals surface area (Å²) in [4.78, 5) is 23.9. The molecule has 4 saturated heterocycles. The summed E-state index contributed by atoms with van der Waals surface area (Å²) in [5, 5.41) is 116. The van der Waals surface area contributed by atoms with E-state index in [-0.39, 0.29) is 0 Å². The number of aliphatic hydroxyl groups excluding tert-OH is 10. The fraction of sp³-hybridized carbons (Fsp3) is 0.923. The molecule has 0 saturated carbocycles. The molecule has 272 valence electrons. The minimum absolute atomic E-state index is 0.782. The monoisotopic (exact) mass is 689 g/mol. The molecule has 0 aromatic carbocycles. The Balaban J connectivity index is 1.64. The second-order valence-corrected chi connectivity index (χ2v) is 11.9. The molecular formula is C26H43NO20. The van der Waals surface area contributed by atoms with Gasteiger partial charge in [-0.05, 0) is 13.8 Å². The molecule has 0 spiro atoms. The summed E-state index contributed by atoms with van der Waals surface area (Å²) in [5.74, 6) is -2.52. The van der Waals surface area contributed by atoms with Crippen LogP contribution < -0.4 is 5.32 Å². The molecule has 21 nitrogen and oxygen atoms in total. The number of ether oxygens (including phenoxy) is 7. The van der Waals surface area contributed by atoms with Crippen molar-refractivity contribution < 1.29 is 98.9 Å². The Hall–Kier alpha value is -1.74.